The van der Waals surface area contributed by atoms with Gasteiger partial charge in [0.05, 0.1) is 0 Å². The van der Waals surface area contributed by atoms with Crippen LogP contribution in [0, 0.1) is 17.8 Å². The minimum absolute atomic E-state index is 0.599. The van der Waals surface area contributed by atoms with Gasteiger partial charge >= 0.3 is 0 Å². The van der Waals surface area contributed by atoms with E-state index in [1.54, 1.807) is 0 Å². The van der Waals surface area contributed by atoms with Crippen LogP contribution >= 0.6 is 0 Å². The van der Waals surface area contributed by atoms with E-state index in [4.69, 9.17) is 0 Å². The van der Waals surface area contributed by atoms with Crippen LogP contribution in [-0.4, -0.2) is 0 Å². The minimum atomic E-state index is 0.599. The van der Waals surface area contributed by atoms with Crippen LogP contribution in [0.25, 0.3) is 0 Å². The summed E-state index contributed by atoms with van der Waals surface area (Å²) in [6.07, 6.45) is 9.52. The molecule has 0 bridgehead atoms. The molecule has 0 amide bonds. The van der Waals surface area contributed by atoms with Crippen molar-refractivity contribution < 1.29 is 0 Å². The lowest BCUT2D eigenvalue weighted by Gasteiger charge is -2.05. The monoisotopic (exact) mass is 162 g/mol. The molecule has 0 aromatic heterocycles. The fourth-order valence-corrected chi connectivity index (χ4v) is 1.03. The molecule has 0 saturated carbocycles. The van der Waals surface area contributed by atoms with Gasteiger partial charge in [0.15, 0.2) is 0 Å². The molecular weight excluding hydrogens is 144 g/mol. The van der Waals surface area contributed by atoms with Gasteiger partial charge in [-0.1, -0.05) is 18.2 Å². The average molecular weight is 162 g/mol. The summed E-state index contributed by atoms with van der Waals surface area (Å²) in [6.45, 7) is 7.74. The van der Waals surface area contributed by atoms with Crippen LogP contribution in [0.3, 0.4) is 0 Å². The summed E-state index contributed by atoms with van der Waals surface area (Å²) in [5.41, 5.74) is 0. The van der Waals surface area contributed by atoms with Crippen LogP contribution < -0.4 is 0 Å². The predicted molar refractivity (Wildman–Crippen MR) is 55.8 cm³/mol. The third-order valence-electron chi connectivity index (χ3n) is 1.82. The normalized spacial score (nSPS) is 12.2. The Bertz CT molecular complexity index is 188. The Morgan fingerprint density at radius 3 is 2.75 bits per heavy atom. The summed E-state index contributed by atoms with van der Waals surface area (Å²) in [4.78, 5) is 0. The van der Waals surface area contributed by atoms with E-state index < -0.39 is 0 Å². The Labute approximate surface area is 76.4 Å². The van der Waals surface area contributed by atoms with E-state index in [1.807, 2.05) is 19.9 Å². The SMILES string of the molecule is C=CC(CC=CC)CCC#CC. The highest BCUT2D eigenvalue weighted by Crippen LogP contribution is 2.12. The molecule has 0 radical (unpaired) electrons. The van der Waals surface area contributed by atoms with E-state index >= 15 is 0 Å². The van der Waals surface area contributed by atoms with E-state index in [0.717, 1.165) is 19.3 Å². The fraction of sp³-hybridized carbons (Fsp3) is 0.500. The highest BCUT2D eigenvalue weighted by molar-refractivity contribution is 4.97. The number of hydrogen-bond donors (Lipinski definition) is 0. The molecule has 0 aliphatic heterocycles. The molecule has 0 heteroatoms. The van der Waals surface area contributed by atoms with Crippen LogP contribution in [0.1, 0.15) is 33.1 Å². The van der Waals surface area contributed by atoms with Crippen molar-refractivity contribution in [3.8, 4) is 11.8 Å². The molecule has 0 aliphatic rings. The molecule has 0 saturated heterocycles. The molecule has 0 rings (SSSR count). The van der Waals surface area contributed by atoms with Crippen LogP contribution in [-0.2, 0) is 0 Å². The van der Waals surface area contributed by atoms with Crippen molar-refractivity contribution in [1.82, 2.24) is 0 Å². The topological polar surface area (TPSA) is 0 Å². The summed E-state index contributed by atoms with van der Waals surface area (Å²) in [6, 6.07) is 0. The van der Waals surface area contributed by atoms with Gasteiger partial charge in [0.25, 0.3) is 0 Å². The Morgan fingerprint density at radius 1 is 1.50 bits per heavy atom. The average Bonchev–Trinajstić information content (AvgIpc) is 2.11. The summed E-state index contributed by atoms with van der Waals surface area (Å²) >= 11 is 0. The Balaban J connectivity index is 3.64. The van der Waals surface area contributed by atoms with Crippen LogP contribution in [0.2, 0.25) is 0 Å². The second kappa shape index (κ2) is 8.14. The van der Waals surface area contributed by atoms with E-state index in [9.17, 15) is 0 Å². The third-order valence-corrected chi connectivity index (χ3v) is 1.82. The lowest BCUT2D eigenvalue weighted by Crippen LogP contribution is -1.92. The van der Waals surface area contributed by atoms with E-state index in [2.05, 4.69) is 30.6 Å². The van der Waals surface area contributed by atoms with Gasteiger partial charge in [-0.15, -0.1) is 18.4 Å². The number of rotatable bonds is 5. The lowest BCUT2D eigenvalue weighted by molar-refractivity contribution is 0.613. The number of allylic oxidation sites excluding steroid dienone is 3. The fourth-order valence-electron chi connectivity index (χ4n) is 1.03. The van der Waals surface area contributed by atoms with Gasteiger partial charge in [0, 0.05) is 6.42 Å². The van der Waals surface area contributed by atoms with E-state index in [1.165, 1.54) is 0 Å². The molecule has 1 unspecified atom stereocenters. The highest BCUT2D eigenvalue weighted by Gasteiger charge is 1.99. The lowest BCUT2D eigenvalue weighted by atomic mass is 9.99. The molecule has 0 nitrogen and oxygen atoms in total. The predicted octanol–water partition coefficient (Wildman–Crippen LogP) is 3.56. The molecule has 0 spiro atoms. The first-order chi connectivity index (χ1) is 5.85. The van der Waals surface area contributed by atoms with Gasteiger partial charge < -0.3 is 0 Å². The summed E-state index contributed by atoms with van der Waals surface area (Å²) in [7, 11) is 0. The van der Waals surface area contributed by atoms with Gasteiger partial charge in [0.2, 0.25) is 0 Å². The maximum absolute atomic E-state index is 3.81. The van der Waals surface area contributed by atoms with E-state index in [0.29, 0.717) is 5.92 Å². The van der Waals surface area contributed by atoms with Crippen molar-refractivity contribution in [3.63, 3.8) is 0 Å². The van der Waals surface area contributed by atoms with Crippen molar-refractivity contribution in [3.05, 3.63) is 24.8 Å². The first-order valence-electron chi connectivity index (χ1n) is 4.48. The quantitative estimate of drug-likeness (QED) is 0.428. The highest BCUT2D eigenvalue weighted by atomic mass is 14.0. The molecule has 12 heavy (non-hydrogen) atoms. The zero-order valence-corrected chi connectivity index (χ0v) is 8.14. The minimum Gasteiger partial charge on any atom is -0.107 e. The Morgan fingerprint density at radius 2 is 2.25 bits per heavy atom. The van der Waals surface area contributed by atoms with Crippen LogP contribution in [0.5, 0.6) is 0 Å². The van der Waals surface area contributed by atoms with Gasteiger partial charge in [0.1, 0.15) is 0 Å². The summed E-state index contributed by atoms with van der Waals surface area (Å²) in [5, 5.41) is 0. The molecule has 1 atom stereocenters. The van der Waals surface area contributed by atoms with Crippen molar-refractivity contribution in [2.45, 2.75) is 33.1 Å². The van der Waals surface area contributed by atoms with Crippen molar-refractivity contribution in [2.24, 2.45) is 5.92 Å². The standard InChI is InChI=1S/C12H18/c1-4-7-9-11-12(6-3)10-8-5-2/h5-6,8,12H,3,9-11H2,1-2H3. The molecule has 0 N–H and O–H groups in total. The molecular formula is C12H18. The molecule has 0 heterocycles. The van der Waals surface area contributed by atoms with Gasteiger partial charge in [-0.25, -0.2) is 0 Å². The molecule has 66 valence electrons. The van der Waals surface area contributed by atoms with Crippen molar-refractivity contribution >= 4 is 0 Å². The maximum atomic E-state index is 3.81. The Hall–Kier alpha value is -0.960. The molecule has 0 fully saturated rings. The van der Waals surface area contributed by atoms with Gasteiger partial charge in [-0.3, -0.25) is 0 Å². The first-order valence-corrected chi connectivity index (χ1v) is 4.48. The van der Waals surface area contributed by atoms with Gasteiger partial charge in [-0.2, -0.15) is 0 Å². The number of hydrogen-bond acceptors (Lipinski definition) is 0. The Kier molecular flexibility index (Phi) is 7.49. The second-order valence-corrected chi connectivity index (χ2v) is 2.77. The molecule has 0 aromatic carbocycles. The summed E-state index contributed by atoms with van der Waals surface area (Å²) in [5.74, 6) is 6.57. The van der Waals surface area contributed by atoms with Crippen LogP contribution in [0.4, 0.5) is 0 Å². The third kappa shape index (κ3) is 5.80. The zero-order chi connectivity index (χ0) is 9.23. The summed E-state index contributed by atoms with van der Waals surface area (Å²) < 4.78 is 0. The first kappa shape index (κ1) is 11.0. The maximum Gasteiger partial charge on any atom is 0.00942 e. The largest absolute Gasteiger partial charge is 0.107 e. The van der Waals surface area contributed by atoms with E-state index in [-0.39, 0.29) is 0 Å². The second-order valence-electron chi connectivity index (χ2n) is 2.77. The van der Waals surface area contributed by atoms with Gasteiger partial charge in [-0.05, 0) is 32.6 Å². The van der Waals surface area contributed by atoms with Crippen LogP contribution in [0.15, 0.2) is 24.8 Å². The van der Waals surface area contributed by atoms with Crippen molar-refractivity contribution in [1.29, 1.82) is 0 Å². The van der Waals surface area contributed by atoms with Crippen molar-refractivity contribution in [2.75, 3.05) is 0 Å². The molecule has 0 aliphatic carbocycles. The zero-order valence-electron chi connectivity index (χ0n) is 8.14. The smallest absolute Gasteiger partial charge is 0.00942 e. The molecule has 0 aromatic rings.